The summed E-state index contributed by atoms with van der Waals surface area (Å²) in [7, 11) is -3.97. The molecule has 1 aromatic heterocycles. The Bertz CT molecular complexity index is 1380. The van der Waals surface area contributed by atoms with Crippen LogP contribution in [-0.2, 0) is 21.4 Å². The van der Waals surface area contributed by atoms with Gasteiger partial charge in [0.25, 0.3) is 15.6 Å². The molecule has 2 heterocycles. The molecule has 3 aromatic rings. The van der Waals surface area contributed by atoms with Crippen molar-refractivity contribution in [1.82, 2.24) is 9.29 Å². The largest absolute Gasteiger partial charge is 0.506 e. The highest BCUT2D eigenvalue weighted by Gasteiger charge is 2.30. The fourth-order valence-electron chi connectivity index (χ4n) is 3.45. The Hall–Kier alpha value is -3.66. The van der Waals surface area contributed by atoms with Crippen LogP contribution in [0.5, 0.6) is 5.75 Å². The number of rotatable bonds is 5. The summed E-state index contributed by atoms with van der Waals surface area (Å²) >= 11 is 0. The third kappa shape index (κ3) is 3.30. The number of carbonyl (C=O) groups is 1. The van der Waals surface area contributed by atoms with Crippen LogP contribution in [0.3, 0.4) is 0 Å². The molecular formula is C20H18N4O5S. The lowest BCUT2D eigenvalue weighted by Gasteiger charge is -2.20. The Morgan fingerprint density at radius 3 is 2.60 bits per heavy atom. The summed E-state index contributed by atoms with van der Waals surface area (Å²) in [6.45, 7) is 0.159. The van der Waals surface area contributed by atoms with Crippen molar-refractivity contribution in [3.8, 4) is 5.75 Å². The zero-order valence-electron chi connectivity index (χ0n) is 15.7. The lowest BCUT2D eigenvalue weighted by atomic mass is 10.1. The third-order valence-electron chi connectivity index (χ3n) is 4.81. The summed E-state index contributed by atoms with van der Waals surface area (Å²) in [6.07, 6.45) is 0.391. The molecule has 1 amide bonds. The SMILES string of the molecule is NC(=O)CCCn1c(=O)c(C2=Nc3ccccc3S(=O)(=O)N2)c(O)c2ccccc21. The molecule has 9 nitrogen and oxygen atoms in total. The molecule has 1 aliphatic heterocycles. The first-order chi connectivity index (χ1) is 14.3. The summed E-state index contributed by atoms with van der Waals surface area (Å²) in [4.78, 5) is 28.6. The summed E-state index contributed by atoms with van der Waals surface area (Å²) < 4.78 is 28.9. The van der Waals surface area contributed by atoms with Crippen molar-refractivity contribution in [2.75, 3.05) is 0 Å². The van der Waals surface area contributed by atoms with Gasteiger partial charge in [0, 0.05) is 18.4 Å². The maximum absolute atomic E-state index is 13.3. The number of pyridine rings is 1. The molecule has 1 aliphatic rings. The number of nitrogens with two attached hydrogens (primary N) is 1. The predicted octanol–water partition coefficient (Wildman–Crippen LogP) is 1.34. The zero-order chi connectivity index (χ0) is 21.5. The van der Waals surface area contributed by atoms with E-state index in [2.05, 4.69) is 9.71 Å². The number of carbonyl (C=O) groups excluding carboxylic acids is 1. The van der Waals surface area contributed by atoms with Gasteiger partial charge in [-0.2, -0.15) is 0 Å². The van der Waals surface area contributed by atoms with Gasteiger partial charge in [0.2, 0.25) is 5.91 Å². The number of sulfonamides is 1. The van der Waals surface area contributed by atoms with Gasteiger partial charge in [0.1, 0.15) is 16.2 Å². The number of amides is 1. The van der Waals surface area contributed by atoms with E-state index in [1.54, 1.807) is 36.4 Å². The van der Waals surface area contributed by atoms with Crippen LogP contribution in [0, 0.1) is 0 Å². The number of para-hydroxylation sites is 2. The van der Waals surface area contributed by atoms with E-state index in [0.717, 1.165) is 0 Å². The van der Waals surface area contributed by atoms with Gasteiger partial charge in [0.05, 0.1) is 11.2 Å². The van der Waals surface area contributed by atoms with Gasteiger partial charge in [-0.3, -0.25) is 14.3 Å². The second-order valence-corrected chi connectivity index (χ2v) is 8.45. The van der Waals surface area contributed by atoms with Gasteiger partial charge in [-0.1, -0.05) is 24.3 Å². The van der Waals surface area contributed by atoms with Gasteiger partial charge >= 0.3 is 0 Å². The molecule has 0 saturated heterocycles. The number of hydrogen-bond acceptors (Lipinski definition) is 6. The van der Waals surface area contributed by atoms with Gasteiger partial charge in [-0.05, 0) is 30.7 Å². The molecule has 30 heavy (non-hydrogen) atoms. The molecule has 0 bridgehead atoms. The standard InChI is InChI=1S/C20H18N4O5S/c21-16(25)10-5-11-24-14-8-3-1-6-12(14)18(26)17(20(24)27)19-22-13-7-2-4-9-15(13)30(28,29)23-19/h1-4,6-9,26H,5,10-11H2,(H2,21,25)(H,22,23). The van der Waals surface area contributed by atoms with Crippen molar-refractivity contribution in [2.45, 2.75) is 24.3 Å². The number of nitrogens with one attached hydrogen (secondary N) is 1. The number of hydrogen-bond donors (Lipinski definition) is 3. The van der Waals surface area contributed by atoms with E-state index >= 15 is 0 Å². The van der Waals surface area contributed by atoms with Crippen molar-refractivity contribution in [3.63, 3.8) is 0 Å². The number of amidine groups is 1. The Morgan fingerprint density at radius 1 is 1.13 bits per heavy atom. The van der Waals surface area contributed by atoms with Crippen molar-refractivity contribution in [2.24, 2.45) is 10.7 Å². The Labute approximate surface area is 171 Å². The van der Waals surface area contributed by atoms with E-state index in [9.17, 15) is 23.1 Å². The van der Waals surface area contributed by atoms with E-state index in [0.29, 0.717) is 17.3 Å². The summed E-state index contributed by atoms with van der Waals surface area (Å²) in [5.74, 6) is -1.12. The zero-order valence-corrected chi connectivity index (χ0v) is 16.5. The fourth-order valence-corrected chi connectivity index (χ4v) is 4.60. The molecule has 4 rings (SSSR count). The molecule has 10 heteroatoms. The summed E-state index contributed by atoms with van der Waals surface area (Å²) in [5.41, 5.74) is 4.92. The number of primary amides is 1. The van der Waals surface area contributed by atoms with E-state index in [1.807, 2.05) is 0 Å². The first-order valence-corrected chi connectivity index (χ1v) is 10.6. The summed E-state index contributed by atoms with van der Waals surface area (Å²) in [6, 6.07) is 12.8. The molecule has 0 fully saturated rings. The molecule has 0 aliphatic carbocycles. The minimum absolute atomic E-state index is 0.0178. The number of aliphatic imine (C=N–C) groups is 1. The maximum atomic E-state index is 13.3. The minimum atomic E-state index is -3.97. The number of fused-ring (bicyclic) bond motifs is 2. The second-order valence-electron chi connectivity index (χ2n) is 6.80. The highest BCUT2D eigenvalue weighted by Crippen LogP contribution is 2.32. The highest BCUT2D eigenvalue weighted by atomic mass is 32.2. The number of aromatic nitrogens is 1. The first-order valence-electron chi connectivity index (χ1n) is 9.13. The maximum Gasteiger partial charge on any atom is 0.265 e. The van der Waals surface area contributed by atoms with Crippen LogP contribution in [0.2, 0.25) is 0 Å². The Balaban J connectivity index is 1.95. The normalized spacial score (nSPS) is 14.6. The molecule has 0 saturated carbocycles. The van der Waals surface area contributed by atoms with Gasteiger partial charge in [-0.15, -0.1) is 0 Å². The van der Waals surface area contributed by atoms with E-state index < -0.39 is 21.5 Å². The molecule has 154 valence electrons. The number of benzene rings is 2. The molecule has 4 N–H and O–H groups in total. The average molecular weight is 426 g/mol. The summed E-state index contributed by atoms with van der Waals surface area (Å²) in [5, 5.41) is 11.2. The van der Waals surface area contributed by atoms with Crippen LogP contribution < -0.4 is 16.0 Å². The average Bonchev–Trinajstić information content (AvgIpc) is 2.70. The van der Waals surface area contributed by atoms with Crippen molar-refractivity contribution in [3.05, 3.63) is 64.4 Å². The van der Waals surface area contributed by atoms with Crippen LogP contribution in [-0.4, -0.2) is 29.8 Å². The van der Waals surface area contributed by atoms with Crippen LogP contribution in [0.1, 0.15) is 18.4 Å². The van der Waals surface area contributed by atoms with Crippen molar-refractivity contribution in [1.29, 1.82) is 0 Å². The molecule has 0 atom stereocenters. The quantitative estimate of drug-likeness (QED) is 0.564. The number of aryl methyl sites for hydroxylation is 1. The van der Waals surface area contributed by atoms with Gasteiger partial charge in [0.15, 0.2) is 5.84 Å². The highest BCUT2D eigenvalue weighted by molar-refractivity contribution is 7.90. The van der Waals surface area contributed by atoms with Crippen LogP contribution >= 0.6 is 0 Å². The fraction of sp³-hybridized carbons (Fsp3) is 0.150. The predicted molar refractivity (Wildman–Crippen MR) is 111 cm³/mol. The van der Waals surface area contributed by atoms with Crippen LogP contribution in [0.25, 0.3) is 10.9 Å². The van der Waals surface area contributed by atoms with Gasteiger partial charge in [-0.25, -0.2) is 13.4 Å². The second kappa shape index (κ2) is 7.30. The molecule has 0 unspecified atom stereocenters. The Morgan fingerprint density at radius 2 is 1.83 bits per heavy atom. The minimum Gasteiger partial charge on any atom is -0.506 e. The monoisotopic (exact) mass is 426 g/mol. The molecular weight excluding hydrogens is 408 g/mol. The molecule has 2 aromatic carbocycles. The van der Waals surface area contributed by atoms with E-state index in [-0.39, 0.29) is 40.7 Å². The van der Waals surface area contributed by atoms with Crippen molar-refractivity contribution < 1.29 is 18.3 Å². The molecule has 0 radical (unpaired) electrons. The van der Waals surface area contributed by atoms with Crippen molar-refractivity contribution >= 4 is 38.4 Å². The van der Waals surface area contributed by atoms with E-state index in [4.69, 9.17) is 5.73 Å². The lowest BCUT2D eigenvalue weighted by Crippen LogP contribution is -2.39. The van der Waals surface area contributed by atoms with E-state index in [1.165, 1.54) is 16.7 Å². The van der Waals surface area contributed by atoms with Gasteiger partial charge < -0.3 is 15.4 Å². The number of nitrogens with zero attached hydrogens (tertiary/aromatic N) is 2. The smallest absolute Gasteiger partial charge is 0.265 e. The topological polar surface area (TPSA) is 144 Å². The third-order valence-corrected chi connectivity index (χ3v) is 6.19. The lowest BCUT2D eigenvalue weighted by molar-refractivity contribution is -0.118. The first kappa shape index (κ1) is 19.6. The Kier molecular flexibility index (Phi) is 4.78. The van der Waals surface area contributed by atoms with Crippen LogP contribution in [0.15, 0.2) is 63.2 Å². The number of aromatic hydroxyl groups is 1. The molecule has 0 spiro atoms. The van der Waals surface area contributed by atoms with Crippen LogP contribution in [0.4, 0.5) is 5.69 Å².